The number of hydrogen-bond acceptors (Lipinski definition) is 5. The van der Waals surface area contributed by atoms with Crippen molar-refractivity contribution in [1.82, 2.24) is 0 Å². The minimum absolute atomic E-state index is 0.0284. The number of aryl methyl sites for hydroxylation is 1. The van der Waals surface area contributed by atoms with Crippen molar-refractivity contribution in [3.63, 3.8) is 0 Å². The summed E-state index contributed by atoms with van der Waals surface area (Å²) in [6, 6.07) is 9.31. The summed E-state index contributed by atoms with van der Waals surface area (Å²) in [7, 11) is 2.77. The summed E-state index contributed by atoms with van der Waals surface area (Å²) < 4.78 is 52.0. The highest BCUT2D eigenvalue weighted by atomic mass is 19.4. The first-order valence-electron chi connectivity index (χ1n) is 9.23. The Morgan fingerprint density at radius 3 is 2.26 bits per heavy atom. The largest absolute Gasteiger partial charge is 0.494 e. The summed E-state index contributed by atoms with van der Waals surface area (Å²) in [4.78, 5) is 23.5. The van der Waals surface area contributed by atoms with Gasteiger partial charge in [0.2, 0.25) is 11.8 Å². The van der Waals surface area contributed by atoms with Gasteiger partial charge in [-0.2, -0.15) is 13.2 Å². The molecule has 0 aliphatic rings. The Bertz CT molecular complexity index is 932. The van der Waals surface area contributed by atoms with Crippen LogP contribution in [-0.4, -0.2) is 38.8 Å². The van der Waals surface area contributed by atoms with Crippen molar-refractivity contribution >= 4 is 23.2 Å². The average molecular weight is 440 g/mol. The molecule has 0 unspecified atom stereocenters. The van der Waals surface area contributed by atoms with Crippen LogP contribution in [0, 0.1) is 0 Å². The van der Waals surface area contributed by atoms with Gasteiger partial charge in [-0.15, -0.1) is 0 Å². The van der Waals surface area contributed by atoms with Gasteiger partial charge in [-0.1, -0.05) is 6.07 Å². The van der Waals surface area contributed by atoms with Crippen molar-refractivity contribution in [3.8, 4) is 17.2 Å². The molecule has 0 fully saturated rings. The minimum atomic E-state index is -4.45. The number of rotatable bonds is 9. The van der Waals surface area contributed by atoms with Gasteiger partial charge in [0.1, 0.15) is 5.75 Å². The molecule has 0 radical (unpaired) electrons. The summed E-state index contributed by atoms with van der Waals surface area (Å²) in [6.45, 7) is -0.0472. The van der Waals surface area contributed by atoms with Crippen LogP contribution in [0.25, 0.3) is 0 Å². The lowest BCUT2D eigenvalue weighted by atomic mass is 10.1. The van der Waals surface area contributed by atoms with Gasteiger partial charge in [-0.25, -0.2) is 0 Å². The van der Waals surface area contributed by atoms with Crippen LogP contribution in [0.3, 0.4) is 0 Å². The van der Waals surface area contributed by atoms with Crippen LogP contribution in [-0.2, 0) is 16.0 Å². The molecule has 2 aromatic rings. The molecule has 0 aliphatic heterocycles. The Balaban J connectivity index is 1.97. The highest BCUT2D eigenvalue weighted by Gasteiger charge is 2.29. The third-order valence-electron chi connectivity index (χ3n) is 4.06. The van der Waals surface area contributed by atoms with Crippen molar-refractivity contribution in [1.29, 1.82) is 0 Å². The quantitative estimate of drug-likeness (QED) is 0.611. The Morgan fingerprint density at radius 2 is 1.65 bits per heavy atom. The van der Waals surface area contributed by atoms with Crippen LogP contribution in [0.1, 0.15) is 18.9 Å². The van der Waals surface area contributed by atoms with Gasteiger partial charge in [0, 0.05) is 25.1 Å². The van der Waals surface area contributed by atoms with E-state index in [0.29, 0.717) is 29.1 Å². The van der Waals surface area contributed by atoms with Gasteiger partial charge >= 0.3 is 6.18 Å². The van der Waals surface area contributed by atoms with E-state index in [1.807, 2.05) is 0 Å². The van der Waals surface area contributed by atoms with Crippen LogP contribution in [0.5, 0.6) is 17.2 Å². The number of nitrogens with one attached hydrogen (secondary N) is 2. The Kier molecular flexibility index (Phi) is 8.12. The molecule has 0 bridgehead atoms. The average Bonchev–Trinajstić information content (AvgIpc) is 2.71. The van der Waals surface area contributed by atoms with Gasteiger partial charge in [0.05, 0.1) is 19.9 Å². The van der Waals surface area contributed by atoms with E-state index in [1.54, 1.807) is 24.3 Å². The second kappa shape index (κ2) is 10.6. The number of halogens is 3. The van der Waals surface area contributed by atoms with Crippen molar-refractivity contribution < 1.29 is 37.0 Å². The lowest BCUT2D eigenvalue weighted by molar-refractivity contribution is -0.153. The van der Waals surface area contributed by atoms with Crippen molar-refractivity contribution in [2.24, 2.45) is 0 Å². The molecule has 0 heterocycles. The third kappa shape index (κ3) is 7.72. The summed E-state index contributed by atoms with van der Waals surface area (Å²) in [5, 5.41) is 5.35. The van der Waals surface area contributed by atoms with E-state index in [1.165, 1.54) is 33.3 Å². The zero-order valence-corrected chi connectivity index (χ0v) is 17.3. The van der Waals surface area contributed by atoms with E-state index < -0.39 is 12.8 Å². The number of hydrogen-bond donors (Lipinski definition) is 2. The number of methoxy groups -OCH3 is 2. The maximum atomic E-state index is 12.3. The standard InChI is InChI=1S/C21H23F3N2O5/c1-13(27)25-16-7-6-15(11-18(16)29-2)26-20(28)9-5-14-4-8-17(19(10-14)30-3)31-12-21(22,23)24/h4,6-8,10-11H,5,9,12H2,1-3H3,(H,25,27)(H,26,28). The van der Waals surface area contributed by atoms with Gasteiger partial charge in [0.15, 0.2) is 18.1 Å². The Hall–Kier alpha value is -3.43. The monoisotopic (exact) mass is 440 g/mol. The van der Waals surface area contributed by atoms with E-state index in [0.717, 1.165) is 0 Å². The SMILES string of the molecule is COc1cc(NC(=O)CCc2ccc(OCC(F)(F)F)c(OC)c2)ccc1NC(C)=O. The first-order chi connectivity index (χ1) is 14.6. The molecule has 2 amide bonds. The normalized spacial score (nSPS) is 10.9. The molecule has 10 heteroatoms. The van der Waals surface area contributed by atoms with Gasteiger partial charge in [0.25, 0.3) is 0 Å². The molecule has 2 rings (SSSR count). The molecule has 7 nitrogen and oxygen atoms in total. The fraction of sp³-hybridized carbons (Fsp3) is 0.333. The Labute approximate surface area is 177 Å². The first-order valence-corrected chi connectivity index (χ1v) is 9.23. The maximum absolute atomic E-state index is 12.3. The van der Waals surface area contributed by atoms with Crippen LogP contribution in [0.2, 0.25) is 0 Å². The highest BCUT2D eigenvalue weighted by molar-refractivity contribution is 5.93. The lowest BCUT2D eigenvalue weighted by Crippen LogP contribution is -2.19. The summed E-state index contributed by atoms with van der Waals surface area (Å²) in [5.41, 5.74) is 1.67. The Morgan fingerprint density at radius 1 is 0.935 bits per heavy atom. The predicted molar refractivity (Wildman–Crippen MR) is 109 cm³/mol. The molecular formula is C21H23F3N2O5. The smallest absolute Gasteiger partial charge is 0.422 e. The second-order valence-corrected chi connectivity index (χ2v) is 6.53. The van der Waals surface area contributed by atoms with Crippen LogP contribution >= 0.6 is 0 Å². The fourth-order valence-electron chi connectivity index (χ4n) is 2.69. The van der Waals surface area contributed by atoms with E-state index in [4.69, 9.17) is 14.2 Å². The molecule has 0 saturated carbocycles. The number of carbonyl (C=O) groups is 2. The summed E-state index contributed by atoms with van der Waals surface area (Å²) in [5.74, 6) is -0.00180. The molecule has 0 spiro atoms. The van der Waals surface area contributed by atoms with Gasteiger partial charge in [-0.05, 0) is 36.2 Å². The molecule has 0 aromatic heterocycles. The van der Waals surface area contributed by atoms with E-state index in [-0.39, 0.29) is 29.7 Å². The second-order valence-electron chi connectivity index (χ2n) is 6.53. The number of amides is 2. The van der Waals surface area contributed by atoms with Crippen molar-refractivity contribution in [2.45, 2.75) is 25.9 Å². The topological polar surface area (TPSA) is 85.9 Å². The number of anilines is 2. The van der Waals surface area contributed by atoms with Crippen LogP contribution < -0.4 is 24.8 Å². The van der Waals surface area contributed by atoms with Gasteiger partial charge in [-0.3, -0.25) is 9.59 Å². The van der Waals surface area contributed by atoms with Crippen LogP contribution in [0.15, 0.2) is 36.4 Å². The van der Waals surface area contributed by atoms with E-state index in [2.05, 4.69) is 10.6 Å². The fourth-order valence-corrected chi connectivity index (χ4v) is 2.69. The van der Waals surface area contributed by atoms with Crippen LogP contribution in [0.4, 0.5) is 24.5 Å². The number of benzene rings is 2. The van der Waals surface area contributed by atoms with Crippen molar-refractivity contribution in [3.05, 3.63) is 42.0 Å². The van der Waals surface area contributed by atoms with E-state index >= 15 is 0 Å². The maximum Gasteiger partial charge on any atom is 0.422 e. The molecule has 31 heavy (non-hydrogen) atoms. The molecule has 168 valence electrons. The van der Waals surface area contributed by atoms with Gasteiger partial charge < -0.3 is 24.8 Å². The molecule has 2 N–H and O–H groups in total. The lowest BCUT2D eigenvalue weighted by Gasteiger charge is -2.14. The third-order valence-corrected chi connectivity index (χ3v) is 4.06. The molecule has 0 atom stereocenters. The number of alkyl halides is 3. The molecular weight excluding hydrogens is 417 g/mol. The van der Waals surface area contributed by atoms with Crippen molar-refractivity contribution in [2.75, 3.05) is 31.5 Å². The number of carbonyl (C=O) groups excluding carboxylic acids is 2. The zero-order valence-electron chi connectivity index (χ0n) is 17.3. The predicted octanol–water partition coefficient (Wildman–Crippen LogP) is 4.17. The summed E-state index contributed by atoms with van der Waals surface area (Å²) in [6.07, 6.45) is -3.99. The highest BCUT2D eigenvalue weighted by Crippen LogP contribution is 2.31. The molecule has 0 aliphatic carbocycles. The zero-order chi connectivity index (χ0) is 23.0. The number of ether oxygens (including phenoxy) is 3. The molecule has 2 aromatic carbocycles. The minimum Gasteiger partial charge on any atom is -0.494 e. The first kappa shape index (κ1) is 23.8. The molecule has 0 saturated heterocycles. The van der Waals surface area contributed by atoms with E-state index in [9.17, 15) is 22.8 Å². The summed E-state index contributed by atoms with van der Waals surface area (Å²) >= 11 is 0.